The second-order valence-electron chi connectivity index (χ2n) is 4.01. The number of hydrogen-bond donors (Lipinski definition) is 1. The summed E-state index contributed by atoms with van der Waals surface area (Å²) >= 11 is 7.89. The van der Waals surface area contributed by atoms with E-state index in [0.717, 1.165) is 34.2 Å². The third kappa shape index (κ3) is 2.92. The van der Waals surface area contributed by atoms with E-state index in [2.05, 4.69) is 18.3 Å². The highest BCUT2D eigenvalue weighted by atomic mass is 35.5. The molecule has 0 spiro atoms. The molecule has 0 aliphatic rings. The van der Waals surface area contributed by atoms with E-state index in [4.69, 9.17) is 16.0 Å². The van der Waals surface area contributed by atoms with Crippen LogP contribution in [0.1, 0.15) is 35.6 Å². The largest absolute Gasteiger partial charge is 0.469 e. The summed E-state index contributed by atoms with van der Waals surface area (Å²) in [5.41, 5.74) is 1.14. The van der Waals surface area contributed by atoms with Crippen molar-refractivity contribution in [2.45, 2.75) is 26.3 Å². The van der Waals surface area contributed by atoms with Gasteiger partial charge in [-0.1, -0.05) is 18.5 Å². The molecule has 0 fully saturated rings. The summed E-state index contributed by atoms with van der Waals surface area (Å²) in [6.07, 6.45) is 2.90. The first-order valence-corrected chi connectivity index (χ1v) is 6.99. The van der Waals surface area contributed by atoms with Crippen LogP contribution in [-0.4, -0.2) is 6.54 Å². The molecule has 17 heavy (non-hydrogen) atoms. The summed E-state index contributed by atoms with van der Waals surface area (Å²) in [5.74, 6) is 0.927. The fraction of sp³-hybridized carbons (Fsp3) is 0.385. The van der Waals surface area contributed by atoms with Crippen LogP contribution in [0.5, 0.6) is 0 Å². The van der Waals surface area contributed by atoms with Gasteiger partial charge in [0.15, 0.2) is 0 Å². The van der Waals surface area contributed by atoms with Gasteiger partial charge in [-0.3, -0.25) is 0 Å². The van der Waals surface area contributed by atoms with Crippen molar-refractivity contribution >= 4 is 22.9 Å². The van der Waals surface area contributed by atoms with Gasteiger partial charge in [0.1, 0.15) is 5.76 Å². The molecule has 2 aromatic rings. The van der Waals surface area contributed by atoms with E-state index in [1.807, 2.05) is 18.4 Å². The zero-order valence-corrected chi connectivity index (χ0v) is 11.6. The van der Waals surface area contributed by atoms with Crippen molar-refractivity contribution in [2.24, 2.45) is 0 Å². The lowest BCUT2D eigenvalue weighted by Gasteiger charge is -2.16. The maximum Gasteiger partial charge on any atom is 0.101 e. The number of furan rings is 1. The Hall–Kier alpha value is -0.770. The number of nitrogens with one attached hydrogen (secondary N) is 1. The van der Waals surface area contributed by atoms with E-state index in [1.54, 1.807) is 17.6 Å². The molecule has 1 unspecified atom stereocenters. The smallest absolute Gasteiger partial charge is 0.101 e. The van der Waals surface area contributed by atoms with Gasteiger partial charge in [-0.2, -0.15) is 0 Å². The molecule has 92 valence electrons. The van der Waals surface area contributed by atoms with Gasteiger partial charge >= 0.3 is 0 Å². The molecule has 0 aromatic carbocycles. The van der Waals surface area contributed by atoms with Crippen LogP contribution in [0.3, 0.4) is 0 Å². The Balaban J connectivity index is 2.28. The van der Waals surface area contributed by atoms with E-state index in [9.17, 15) is 0 Å². The van der Waals surface area contributed by atoms with Crippen LogP contribution in [0.25, 0.3) is 0 Å². The predicted octanol–water partition coefficient (Wildman–Crippen LogP) is 4.39. The number of hydrogen-bond acceptors (Lipinski definition) is 3. The Bertz CT molecular complexity index is 477. The van der Waals surface area contributed by atoms with Gasteiger partial charge < -0.3 is 9.73 Å². The summed E-state index contributed by atoms with van der Waals surface area (Å²) in [5, 5.41) is 6.35. The normalized spacial score (nSPS) is 12.9. The fourth-order valence-corrected chi connectivity index (χ4v) is 3.04. The lowest BCUT2D eigenvalue weighted by atomic mass is 10.1. The molecule has 0 aliphatic heterocycles. The van der Waals surface area contributed by atoms with E-state index in [-0.39, 0.29) is 6.04 Å². The number of thiophene rings is 1. The van der Waals surface area contributed by atoms with Crippen molar-refractivity contribution in [3.63, 3.8) is 0 Å². The van der Waals surface area contributed by atoms with Crippen molar-refractivity contribution in [1.29, 1.82) is 0 Å². The molecule has 2 rings (SSSR count). The molecule has 0 radical (unpaired) electrons. The molecule has 2 nitrogen and oxygen atoms in total. The van der Waals surface area contributed by atoms with Crippen LogP contribution < -0.4 is 5.32 Å². The Morgan fingerprint density at radius 3 is 2.88 bits per heavy atom. The molecule has 0 bridgehead atoms. The van der Waals surface area contributed by atoms with Gasteiger partial charge in [0, 0.05) is 10.4 Å². The van der Waals surface area contributed by atoms with Crippen LogP contribution in [0.15, 0.2) is 28.2 Å². The maximum absolute atomic E-state index is 6.21. The molecule has 4 heteroatoms. The molecule has 1 atom stereocenters. The van der Waals surface area contributed by atoms with Gasteiger partial charge in [0.25, 0.3) is 0 Å². The first-order chi connectivity index (χ1) is 8.22. The van der Waals surface area contributed by atoms with Crippen molar-refractivity contribution in [2.75, 3.05) is 6.54 Å². The SMILES string of the molecule is CCCNC(c1coc(C)c1)c1sccc1Cl. The summed E-state index contributed by atoms with van der Waals surface area (Å²) in [6, 6.07) is 4.14. The van der Waals surface area contributed by atoms with Gasteiger partial charge in [-0.25, -0.2) is 0 Å². The Labute approximate surface area is 111 Å². The molecule has 0 aliphatic carbocycles. The van der Waals surface area contributed by atoms with Gasteiger partial charge in [0.05, 0.1) is 17.3 Å². The second kappa shape index (κ2) is 5.71. The van der Waals surface area contributed by atoms with Crippen LogP contribution in [0.4, 0.5) is 0 Å². The van der Waals surface area contributed by atoms with Crippen molar-refractivity contribution < 1.29 is 4.42 Å². The highest BCUT2D eigenvalue weighted by Crippen LogP contribution is 2.33. The second-order valence-corrected chi connectivity index (χ2v) is 5.37. The quantitative estimate of drug-likeness (QED) is 0.871. The number of halogens is 1. The Morgan fingerprint density at radius 2 is 2.35 bits per heavy atom. The molecular formula is C13H16ClNOS. The summed E-state index contributed by atoms with van der Waals surface area (Å²) in [7, 11) is 0. The molecule has 0 amide bonds. The fourth-order valence-electron chi connectivity index (χ4n) is 1.78. The lowest BCUT2D eigenvalue weighted by Crippen LogP contribution is -2.22. The van der Waals surface area contributed by atoms with Gasteiger partial charge in [0.2, 0.25) is 0 Å². The molecule has 1 N–H and O–H groups in total. The van der Waals surface area contributed by atoms with Crippen LogP contribution in [0.2, 0.25) is 5.02 Å². The monoisotopic (exact) mass is 269 g/mol. The molecule has 0 saturated heterocycles. The number of rotatable bonds is 5. The first-order valence-electron chi connectivity index (χ1n) is 5.73. The maximum atomic E-state index is 6.21. The standard InChI is InChI=1S/C13H16ClNOS/c1-3-5-15-12(10-7-9(2)16-8-10)13-11(14)4-6-17-13/h4,6-8,12,15H,3,5H2,1-2H3. The molecule has 2 heterocycles. The van der Waals surface area contributed by atoms with Crippen molar-refractivity contribution in [1.82, 2.24) is 5.32 Å². The summed E-state index contributed by atoms with van der Waals surface area (Å²) in [6.45, 7) is 5.07. The van der Waals surface area contributed by atoms with Crippen molar-refractivity contribution in [3.05, 3.63) is 45.0 Å². The van der Waals surface area contributed by atoms with Crippen LogP contribution in [-0.2, 0) is 0 Å². The Kier molecular flexibility index (Phi) is 4.26. The van der Waals surface area contributed by atoms with E-state index in [0.29, 0.717) is 0 Å². The summed E-state index contributed by atoms with van der Waals surface area (Å²) < 4.78 is 5.38. The minimum atomic E-state index is 0.139. The Morgan fingerprint density at radius 1 is 1.53 bits per heavy atom. The topological polar surface area (TPSA) is 25.2 Å². The van der Waals surface area contributed by atoms with E-state index >= 15 is 0 Å². The van der Waals surface area contributed by atoms with Crippen LogP contribution in [0, 0.1) is 6.92 Å². The molecule has 2 aromatic heterocycles. The van der Waals surface area contributed by atoms with Crippen LogP contribution >= 0.6 is 22.9 Å². The van der Waals surface area contributed by atoms with Crippen molar-refractivity contribution in [3.8, 4) is 0 Å². The first kappa shape index (κ1) is 12.7. The molecular weight excluding hydrogens is 254 g/mol. The van der Waals surface area contributed by atoms with E-state index in [1.165, 1.54) is 0 Å². The third-order valence-corrected chi connectivity index (χ3v) is 4.01. The third-order valence-electron chi connectivity index (χ3n) is 2.59. The van der Waals surface area contributed by atoms with Gasteiger partial charge in [-0.15, -0.1) is 11.3 Å². The minimum Gasteiger partial charge on any atom is -0.469 e. The average molecular weight is 270 g/mol. The highest BCUT2D eigenvalue weighted by Gasteiger charge is 2.19. The van der Waals surface area contributed by atoms with E-state index < -0.39 is 0 Å². The lowest BCUT2D eigenvalue weighted by molar-refractivity contribution is 0.524. The number of aryl methyl sites for hydroxylation is 1. The average Bonchev–Trinajstić information content (AvgIpc) is 2.90. The summed E-state index contributed by atoms with van der Waals surface area (Å²) in [4.78, 5) is 1.15. The zero-order chi connectivity index (χ0) is 12.3. The molecule has 0 saturated carbocycles. The zero-order valence-electron chi connectivity index (χ0n) is 10.00. The predicted molar refractivity (Wildman–Crippen MR) is 72.9 cm³/mol. The highest BCUT2D eigenvalue weighted by molar-refractivity contribution is 7.10. The minimum absolute atomic E-state index is 0.139. The van der Waals surface area contributed by atoms with Gasteiger partial charge in [-0.05, 0) is 37.4 Å².